The van der Waals surface area contributed by atoms with Gasteiger partial charge in [0, 0.05) is 23.3 Å². The van der Waals surface area contributed by atoms with E-state index in [1.807, 2.05) is 40.0 Å². The Morgan fingerprint density at radius 1 is 1.17 bits per heavy atom. The van der Waals surface area contributed by atoms with Crippen molar-refractivity contribution in [3.8, 4) is 0 Å². The standard InChI is InChI=1S/C22H40N2O4SSi/c1-15(2)16(12-27-20(26)24-21(3,4)5)11-18(25)19-23-17(14-29-19)13-28-30(9,10)22(6,7)8/h14-16H,11-13H2,1-10H3,(H,24,26)/t16-/m0/s1. The van der Waals surface area contributed by atoms with Crippen LogP contribution >= 0.6 is 11.3 Å². The Morgan fingerprint density at radius 2 is 1.77 bits per heavy atom. The number of nitrogens with zero attached hydrogens (tertiary/aromatic N) is 1. The van der Waals surface area contributed by atoms with Gasteiger partial charge in [-0.25, -0.2) is 9.78 Å². The van der Waals surface area contributed by atoms with Crippen LogP contribution in [0.4, 0.5) is 4.79 Å². The van der Waals surface area contributed by atoms with Crippen molar-refractivity contribution in [2.75, 3.05) is 6.61 Å². The fourth-order valence-corrected chi connectivity index (χ4v) is 4.00. The maximum Gasteiger partial charge on any atom is 0.407 e. The summed E-state index contributed by atoms with van der Waals surface area (Å²) in [6, 6.07) is 0. The molecule has 1 heterocycles. The van der Waals surface area contributed by atoms with Crippen LogP contribution in [0.2, 0.25) is 18.1 Å². The van der Waals surface area contributed by atoms with E-state index in [2.05, 4.69) is 44.2 Å². The number of nitrogens with one attached hydrogen (secondary N) is 1. The highest BCUT2D eigenvalue weighted by atomic mass is 32.1. The number of rotatable bonds is 9. The largest absolute Gasteiger partial charge is 0.449 e. The van der Waals surface area contributed by atoms with Crippen molar-refractivity contribution in [2.24, 2.45) is 11.8 Å². The molecule has 0 aliphatic carbocycles. The number of thiazole rings is 1. The summed E-state index contributed by atoms with van der Waals surface area (Å²) in [6.45, 7) is 21.4. The summed E-state index contributed by atoms with van der Waals surface area (Å²) in [6.07, 6.45) is -0.156. The maximum atomic E-state index is 12.8. The minimum absolute atomic E-state index is 0.0166. The number of aromatic nitrogens is 1. The summed E-state index contributed by atoms with van der Waals surface area (Å²) in [5.74, 6) is 0.133. The fourth-order valence-electron chi connectivity index (χ4n) is 2.31. The van der Waals surface area contributed by atoms with E-state index in [0.717, 1.165) is 5.69 Å². The molecule has 0 aromatic carbocycles. The Morgan fingerprint density at radius 3 is 2.27 bits per heavy atom. The fraction of sp³-hybridized carbons (Fsp3) is 0.773. The zero-order valence-corrected chi connectivity index (χ0v) is 22.2. The summed E-state index contributed by atoms with van der Waals surface area (Å²) >= 11 is 1.36. The number of hydrogen-bond donors (Lipinski definition) is 1. The number of Topliss-reactive ketones (excluding diaryl/α,β-unsaturated/α-hetero) is 1. The molecule has 0 fully saturated rings. The van der Waals surface area contributed by atoms with E-state index >= 15 is 0 Å². The van der Waals surface area contributed by atoms with Gasteiger partial charge in [0.25, 0.3) is 0 Å². The van der Waals surface area contributed by atoms with Crippen molar-refractivity contribution in [3.63, 3.8) is 0 Å². The van der Waals surface area contributed by atoms with Gasteiger partial charge in [0.2, 0.25) is 0 Å². The van der Waals surface area contributed by atoms with E-state index in [1.54, 1.807) is 0 Å². The summed E-state index contributed by atoms with van der Waals surface area (Å²) in [4.78, 5) is 29.2. The first-order valence-corrected chi connectivity index (χ1v) is 14.4. The van der Waals surface area contributed by atoms with Crippen molar-refractivity contribution < 1.29 is 18.8 Å². The molecule has 30 heavy (non-hydrogen) atoms. The number of alkyl carbamates (subject to hydrolysis) is 1. The molecule has 0 unspecified atom stereocenters. The number of ether oxygens (including phenoxy) is 1. The Balaban J connectivity index is 2.66. The van der Waals surface area contributed by atoms with Crippen molar-refractivity contribution in [2.45, 2.75) is 92.1 Å². The van der Waals surface area contributed by atoms with Crippen molar-refractivity contribution in [3.05, 3.63) is 16.1 Å². The van der Waals surface area contributed by atoms with Gasteiger partial charge in [0.05, 0.1) is 18.9 Å². The van der Waals surface area contributed by atoms with Crippen LogP contribution in [0.25, 0.3) is 0 Å². The highest BCUT2D eigenvalue weighted by molar-refractivity contribution is 7.11. The molecule has 1 rings (SSSR count). The first-order chi connectivity index (χ1) is 13.5. The van der Waals surface area contributed by atoms with Gasteiger partial charge >= 0.3 is 6.09 Å². The van der Waals surface area contributed by atoms with Gasteiger partial charge in [-0.15, -0.1) is 11.3 Å². The van der Waals surface area contributed by atoms with Crippen LogP contribution in [0.15, 0.2) is 5.38 Å². The molecular formula is C22H40N2O4SSi. The lowest BCUT2D eigenvalue weighted by Gasteiger charge is -2.35. The van der Waals surface area contributed by atoms with Crippen molar-refractivity contribution >= 4 is 31.5 Å². The van der Waals surface area contributed by atoms with E-state index in [0.29, 0.717) is 18.0 Å². The quantitative estimate of drug-likeness (QED) is 0.362. The van der Waals surface area contributed by atoms with Crippen LogP contribution in [0.5, 0.6) is 0 Å². The molecule has 0 saturated carbocycles. The third-order valence-electron chi connectivity index (χ3n) is 5.47. The maximum absolute atomic E-state index is 12.8. The average Bonchev–Trinajstić information content (AvgIpc) is 3.03. The van der Waals surface area contributed by atoms with E-state index in [4.69, 9.17) is 9.16 Å². The molecule has 0 spiro atoms. The third kappa shape index (κ3) is 8.86. The van der Waals surface area contributed by atoms with Crippen molar-refractivity contribution in [1.29, 1.82) is 0 Å². The molecule has 0 aliphatic rings. The van der Waals surface area contributed by atoms with Crippen LogP contribution in [-0.4, -0.2) is 37.3 Å². The molecule has 1 aromatic heterocycles. The highest BCUT2D eigenvalue weighted by Gasteiger charge is 2.37. The molecule has 0 bridgehead atoms. The Labute approximate surface area is 187 Å². The highest BCUT2D eigenvalue weighted by Crippen LogP contribution is 2.37. The predicted molar refractivity (Wildman–Crippen MR) is 126 cm³/mol. The van der Waals surface area contributed by atoms with Crippen LogP contribution in [0, 0.1) is 11.8 Å². The molecular weight excluding hydrogens is 416 g/mol. The Kier molecular flexibility index (Phi) is 9.26. The number of carbonyl (C=O) groups is 2. The van der Waals surface area contributed by atoms with Gasteiger partial charge in [0.15, 0.2) is 19.1 Å². The molecule has 1 amide bonds. The summed E-state index contributed by atoms with van der Waals surface area (Å²) < 4.78 is 11.6. The average molecular weight is 457 g/mol. The lowest BCUT2D eigenvalue weighted by Crippen LogP contribution is -2.41. The summed E-state index contributed by atoms with van der Waals surface area (Å²) in [7, 11) is -1.86. The molecule has 8 heteroatoms. The smallest absolute Gasteiger partial charge is 0.407 e. The van der Waals surface area contributed by atoms with E-state index < -0.39 is 14.4 Å². The molecule has 6 nitrogen and oxygen atoms in total. The van der Waals surface area contributed by atoms with Gasteiger partial charge in [0.1, 0.15) is 0 Å². The van der Waals surface area contributed by atoms with Gasteiger partial charge in [-0.3, -0.25) is 4.79 Å². The normalized spacial score (nSPS) is 14.0. The Bertz CT molecular complexity index is 717. The molecule has 0 radical (unpaired) electrons. The minimum Gasteiger partial charge on any atom is -0.449 e. The molecule has 1 aromatic rings. The van der Waals surface area contributed by atoms with Crippen molar-refractivity contribution in [1.82, 2.24) is 10.3 Å². The monoisotopic (exact) mass is 456 g/mol. The lowest BCUT2D eigenvalue weighted by molar-refractivity contribution is 0.0835. The Hall–Kier alpha value is -1.25. The molecule has 1 atom stereocenters. The van der Waals surface area contributed by atoms with Crippen LogP contribution < -0.4 is 5.32 Å². The van der Waals surface area contributed by atoms with Gasteiger partial charge < -0.3 is 14.5 Å². The number of hydrogen-bond acceptors (Lipinski definition) is 6. The van der Waals surface area contributed by atoms with E-state index in [9.17, 15) is 9.59 Å². The lowest BCUT2D eigenvalue weighted by atomic mass is 9.91. The second kappa shape index (κ2) is 10.4. The summed E-state index contributed by atoms with van der Waals surface area (Å²) in [5.41, 5.74) is 0.444. The number of carbonyl (C=O) groups excluding carboxylic acids is 2. The van der Waals surface area contributed by atoms with Gasteiger partial charge in [-0.2, -0.15) is 0 Å². The molecule has 1 N–H and O–H groups in total. The van der Waals surface area contributed by atoms with E-state index in [1.165, 1.54) is 11.3 Å². The summed E-state index contributed by atoms with van der Waals surface area (Å²) in [5, 5.41) is 5.30. The number of amides is 1. The first kappa shape index (κ1) is 26.8. The number of ketones is 1. The predicted octanol–water partition coefficient (Wildman–Crippen LogP) is 6.03. The van der Waals surface area contributed by atoms with Crippen LogP contribution in [0.3, 0.4) is 0 Å². The first-order valence-electron chi connectivity index (χ1n) is 10.6. The zero-order valence-electron chi connectivity index (χ0n) is 20.3. The second-order valence-electron chi connectivity index (χ2n) is 10.8. The molecule has 172 valence electrons. The van der Waals surface area contributed by atoms with Crippen LogP contribution in [-0.2, 0) is 15.8 Å². The zero-order chi connectivity index (χ0) is 23.3. The van der Waals surface area contributed by atoms with Crippen LogP contribution in [0.1, 0.15) is 77.3 Å². The third-order valence-corrected chi connectivity index (χ3v) is 10.9. The molecule has 0 saturated heterocycles. The SMILES string of the molecule is CC(C)[C@H](COC(=O)NC(C)(C)C)CC(=O)c1nc(CO[Si](C)(C)C(C)(C)C)cs1. The van der Waals surface area contributed by atoms with Gasteiger partial charge in [-0.05, 0) is 44.8 Å². The van der Waals surface area contributed by atoms with Gasteiger partial charge in [-0.1, -0.05) is 34.6 Å². The second-order valence-corrected chi connectivity index (χ2v) is 16.5. The minimum atomic E-state index is -1.86. The van der Waals surface area contributed by atoms with E-state index in [-0.39, 0.29) is 34.8 Å². The molecule has 0 aliphatic heterocycles. The topological polar surface area (TPSA) is 77.5 Å².